The van der Waals surface area contributed by atoms with E-state index in [0.717, 1.165) is 16.3 Å². The summed E-state index contributed by atoms with van der Waals surface area (Å²) < 4.78 is 0. The predicted molar refractivity (Wildman–Crippen MR) is 101 cm³/mol. The highest BCUT2D eigenvalue weighted by atomic mass is 32.2. The Balaban J connectivity index is 1.68. The van der Waals surface area contributed by atoms with Gasteiger partial charge in [0.15, 0.2) is 10.8 Å². The van der Waals surface area contributed by atoms with Crippen molar-refractivity contribution in [3.05, 3.63) is 53.8 Å². The average molecular weight is 368 g/mol. The van der Waals surface area contributed by atoms with E-state index in [1.807, 2.05) is 34.9 Å². The summed E-state index contributed by atoms with van der Waals surface area (Å²) in [5.74, 6) is 1.96. The van der Waals surface area contributed by atoms with Crippen LogP contribution in [0, 0.1) is 5.92 Å². The summed E-state index contributed by atoms with van der Waals surface area (Å²) in [4.78, 5) is 29.5. The lowest BCUT2D eigenvalue weighted by molar-refractivity contribution is 0.0987. The van der Waals surface area contributed by atoms with Crippen molar-refractivity contribution in [3.8, 4) is 10.8 Å². The molecule has 0 N–H and O–H groups in total. The topological polar surface area (TPSA) is 59.0 Å². The summed E-state index contributed by atoms with van der Waals surface area (Å²) in [6.07, 6.45) is 4.98. The van der Waals surface area contributed by atoms with Gasteiger partial charge in [-0.05, 0) is 24.1 Å². The second-order valence-electron chi connectivity index (χ2n) is 5.90. The number of fused-ring (bicyclic) bond motifs is 1. The zero-order valence-corrected chi connectivity index (χ0v) is 15.3. The van der Waals surface area contributed by atoms with Gasteiger partial charge < -0.3 is 4.90 Å². The van der Waals surface area contributed by atoms with Gasteiger partial charge in [0.25, 0.3) is 5.91 Å². The maximum atomic E-state index is 13.2. The number of rotatable bonds is 2. The van der Waals surface area contributed by atoms with Gasteiger partial charge in [-0.15, -0.1) is 23.1 Å². The summed E-state index contributed by atoms with van der Waals surface area (Å²) >= 11 is 3.15. The molecule has 2 aromatic heterocycles. The fraction of sp³-hybridized carbons (Fsp3) is 0.222. The number of benzene rings is 1. The van der Waals surface area contributed by atoms with Crippen LogP contribution in [0.15, 0.2) is 53.8 Å². The summed E-state index contributed by atoms with van der Waals surface area (Å²) in [7, 11) is 0. The number of thiazole rings is 1. The van der Waals surface area contributed by atoms with Crippen LogP contribution < -0.4 is 4.90 Å². The first-order valence-corrected chi connectivity index (χ1v) is 9.79. The molecule has 1 aromatic carbocycles. The lowest BCUT2D eigenvalue weighted by atomic mass is 10.2. The van der Waals surface area contributed by atoms with E-state index in [0.29, 0.717) is 28.2 Å². The second kappa shape index (κ2) is 6.93. The maximum Gasteiger partial charge on any atom is 0.270 e. The van der Waals surface area contributed by atoms with Gasteiger partial charge in [-0.1, -0.05) is 19.1 Å². The molecule has 0 bridgehead atoms. The molecule has 3 aromatic rings. The number of aromatic nitrogens is 3. The van der Waals surface area contributed by atoms with Crippen LogP contribution in [0.4, 0.5) is 5.69 Å². The van der Waals surface area contributed by atoms with Gasteiger partial charge in [0.1, 0.15) is 4.88 Å². The van der Waals surface area contributed by atoms with Crippen molar-refractivity contribution in [2.45, 2.75) is 11.8 Å². The van der Waals surface area contributed by atoms with Crippen molar-refractivity contribution >= 4 is 34.7 Å². The molecule has 0 unspecified atom stereocenters. The monoisotopic (exact) mass is 368 g/mol. The van der Waals surface area contributed by atoms with Crippen LogP contribution in [-0.4, -0.2) is 33.2 Å². The van der Waals surface area contributed by atoms with Crippen molar-refractivity contribution in [1.29, 1.82) is 0 Å². The number of carbonyl (C=O) groups is 1. The number of hydrogen-bond donors (Lipinski definition) is 0. The summed E-state index contributed by atoms with van der Waals surface area (Å²) in [5.41, 5.74) is 0.979. The fourth-order valence-corrected chi connectivity index (χ4v) is 4.59. The minimum absolute atomic E-state index is 0.0125. The highest BCUT2D eigenvalue weighted by molar-refractivity contribution is 7.99. The fourth-order valence-electron chi connectivity index (χ4n) is 2.71. The average Bonchev–Trinajstić information content (AvgIpc) is 3.09. The van der Waals surface area contributed by atoms with E-state index in [4.69, 9.17) is 0 Å². The Morgan fingerprint density at radius 2 is 1.96 bits per heavy atom. The lowest BCUT2D eigenvalue weighted by Gasteiger charge is -2.23. The molecular formula is C18H16N4OS2. The van der Waals surface area contributed by atoms with Crippen molar-refractivity contribution in [3.63, 3.8) is 0 Å². The Hall–Kier alpha value is -2.25. The van der Waals surface area contributed by atoms with Gasteiger partial charge >= 0.3 is 0 Å². The van der Waals surface area contributed by atoms with Crippen LogP contribution in [-0.2, 0) is 0 Å². The van der Waals surface area contributed by atoms with Crippen molar-refractivity contribution in [2.75, 3.05) is 17.2 Å². The van der Waals surface area contributed by atoms with Crippen LogP contribution >= 0.6 is 23.1 Å². The van der Waals surface area contributed by atoms with E-state index in [1.165, 1.54) is 11.3 Å². The highest BCUT2D eigenvalue weighted by Gasteiger charge is 2.27. The summed E-state index contributed by atoms with van der Waals surface area (Å²) in [6, 6.07) is 9.85. The van der Waals surface area contributed by atoms with E-state index in [9.17, 15) is 4.79 Å². The first kappa shape index (κ1) is 16.2. The number of thioether (sulfide) groups is 1. The first-order chi connectivity index (χ1) is 12.2. The Labute approximate surface area is 154 Å². The molecule has 1 aliphatic heterocycles. The van der Waals surface area contributed by atoms with Gasteiger partial charge in [0, 0.05) is 29.6 Å². The Bertz CT molecular complexity index is 897. The number of para-hydroxylation sites is 1. The molecule has 5 nitrogen and oxygen atoms in total. The minimum Gasteiger partial charge on any atom is -0.306 e. The molecule has 1 aliphatic rings. The standard InChI is InChI=1S/C18H16N4OS2/c1-12-10-22(13-5-2-3-6-14(13)24-11-12)18(23)15-9-21-17(25-15)16-19-7-4-8-20-16/h2-9,12H,10-11H2,1H3/t12-/m1/s1. The summed E-state index contributed by atoms with van der Waals surface area (Å²) in [5, 5.41) is 0.662. The van der Waals surface area contributed by atoms with Crippen molar-refractivity contribution in [1.82, 2.24) is 15.0 Å². The van der Waals surface area contributed by atoms with Gasteiger partial charge in [-0.25, -0.2) is 15.0 Å². The molecule has 25 heavy (non-hydrogen) atoms. The quantitative estimate of drug-likeness (QED) is 0.684. The number of amides is 1. The predicted octanol–water partition coefficient (Wildman–Crippen LogP) is 3.99. The Morgan fingerprint density at radius 3 is 2.80 bits per heavy atom. The molecule has 0 spiro atoms. The lowest BCUT2D eigenvalue weighted by Crippen LogP contribution is -2.34. The van der Waals surface area contributed by atoms with Crippen molar-refractivity contribution < 1.29 is 4.79 Å². The molecule has 1 atom stereocenters. The molecule has 3 heterocycles. The van der Waals surface area contributed by atoms with Crippen LogP contribution in [0.2, 0.25) is 0 Å². The Kier molecular flexibility index (Phi) is 4.50. The van der Waals surface area contributed by atoms with Crippen LogP contribution in [0.3, 0.4) is 0 Å². The third kappa shape index (κ3) is 3.29. The van der Waals surface area contributed by atoms with Gasteiger partial charge in [-0.2, -0.15) is 0 Å². The molecule has 126 valence electrons. The molecule has 4 rings (SSSR count). The third-order valence-corrected chi connectivity index (χ3v) is 6.27. The zero-order chi connectivity index (χ0) is 17.2. The first-order valence-electron chi connectivity index (χ1n) is 7.99. The van der Waals surface area contributed by atoms with E-state index in [-0.39, 0.29) is 5.91 Å². The molecule has 0 fully saturated rings. The second-order valence-corrected chi connectivity index (χ2v) is 7.99. The third-order valence-electron chi connectivity index (χ3n) is 3.89. The molecule has 0 saturated carbocycles. The normalized spacial score (nSPS) is 17.0. The molecule has 7 heteroatoms. The van der Waals surface area contributed by atoms with Crippen LogP contribution in [0.5, 0.6) is 0 Å². The van der Waals surface area contributed by atoms with Crippen molar-refractivity contribution in [2.24, 2.45) is 5.92 Å². The van der Waals surface area contributed by atoms with Crippen LogP contribution in [0.1, 0.15) is 16.6 Å². The van der Waals surface area contributed by atoms with Gasteiger partial charge in [0.05, 0.1) is 11.9 Å². The molecule has 0 aliphatic carbocycles. The smallest absolute Gasteiger partial charge is 0.270 e. The van der Waals surface area contributed by atoms with Gasteiger partial charge in [-0.3, -0.25) is 4.79 Å². The number of anilines is 1. The minimum atomic E-state index is -0.0125. The number of carbonyl (C=O) groups excluding carboxylic acids is 1. The zero-order valence-electron chi connectivity index (χ0n) is 13.6. The molecule has 1 amide bonds. The number of nitrogens with zero attached hydrogens (tertiary/aromatic N) is 4. The van der Waals surface area contributed by atoms with E-state index < -0.39 is 0 Å². The maximum absolute atomic E-state index is 13.2. The number of hydrogen-bond acceptors (Lipinski definition) is 6. The highest BCUT2D eigenvalue weighted by Crippen LogP contribution is 2.36. The molecule has 0 radical (unpaired) electrons. The Morgan fingerprint density at radius 1 is 1.16 bits per heavy atom. The molecule has 0 saturated heterocycles. The van der Waals surface area contributed by atoms with Gasteiger partial charge in [0.2, 0.25) is 0 Å². The largest absolute Gasteiger partial charge is 0.306 e. The van der Waals surface area contributed by atoms with E-state index >= 15 is 0 Å². The SMILES string of the molecule is C[C@H]1CSc2ccccc2N(C(=O)c2cnc(-c3ncccn3)s2)C1. The molecular weight excluding hydrogens is 352 g/mol. The van der Waals surface area contributed by atoms with E-state index in [2.05, 4.69) is 27.9 Å². The van der Waals surface area contributed by atoms with Crippen LogP contribution in [0.25, 0.3) is 10.8 Å². The summed E-state index contributed by atoms with van der Waals surface area (Å²) in [6.45, 7) is 2.88. The van der Waals surface area contributed by atoms with E-state index in [1.54, 1.807) is 24.7 Å².